The number of thiazole rings is 1. The number of nitrogens with zero attached hydrogens (tertiary/aromatic N) is 2. The van der Waals surface area contributed by atoms with Gasteiger partial charge in [0.05, 0.1) is 6.20 Å². The maximum atomic E-state index is 13.2. The highest BCUT2D eigenvalue weighted by molar-refractivity contribution is 7.17. The van der Waals surface area contributed by atoms with Crippen LogP contribution in [0.2, 0.25) is 0 Å². The Morgan fingerprint density at radius 3 is 2.84 bits per heavy atom. The van der Waals surface area contributed by atoms with Crippen molar-refractivity contribution in [2.45, 2.75) is 0 Å². The van der Waals surface area contributed by atoms with Crippen LogP contribution in [-0.2, 0) is 0 Å². The molecule has 2 aromatic carbocycles. The Bertz CT molecular complexity index is 900. The van der Waals surface area contributed by atoms with Crippen LogP contribution in [0.5, 0.6) is 16.6 Å². The lowest BCUT2D eigenvalue weighted by atomic mass is 10.3. The van der Waals surface area contributed by atoms with Gasteiger partial charge >= 0.3 is 6.03 Å². The average Bonchev–Trinajstić information content (AvgIpc) is 3.01. The second-order valence-corrected chi connectivity index (χ2v) is 6.05. The van der Waals surface area contributed by atoms with Crippen molar-refractivity contribution in [3.8, 4) is 16.6 Å². The fraction of sp³-hybridized carbons (Fsp3) is 0.0588. The molecule has 1 heterocycles. The maximum Gasteiger partial charge on any atom is 0.327 e. The van der Waals surface area contributed by atoms with Gasteiger partial charge in [-0.05, 0) is 24.3 Å². The predicted molar refractivity (Wildman–Crippen MR) is 94.1 cm³/mol. The van der Waals surface area contributed by atoms with Gasteiger partial charge in [-0.15, -0.1) is 0 Å². The topological polar surface area (TPSA) is 74.7 Å². The second-order valence-electron chi connectivity index (χ2n) is 5.05. The lowest BCUT2D eigenvalue weighted by Crippen LogP contribution is -2.30. The summed E-state index contributed by atoms with van der Waals surface area (Å²) in [6, 6.07) is 11.7. The minimum atomic E-state index is -0.419. The van der Waals surface area contributed by atoms with Gasteiger partial charge in [0.25, 0.3) is 0 Å². The van der Waals surface area contributed by atoms with E-state index in [9.17, 15) is 14.3 Å². The first-order chi connectivity index (χ1) is 12.0. The predicted octanol–water partition coefficient (Wildman–Crippen LogP) is 4.45. The Labute approximate surface area is 147 Å². The molecule has 0 unspecified atom stereocenters. The van der Waals surface area contributed by atoms with Crippen molar-refractivity contribution in [1.29, 1.82) is 0 Å². The third-order valence-electron chi connectivity index (χ3n) is 3.23. The highest BCUT2D eigenvalue weighted by atomic mass is 32.1. The number of benzene rings is 2. The zero-order valence-electron chi connectivity index (χ0n) is 13.1. The van der Waals surface area contributed by atoms with Crippen LogP contribution in [0.3, 0.4) is 0 Å². The van der Waals surface area contributed by atoms with E-state index in [0.717, 1.165) is 11.3 Å². The van der Waals surface area contributed by atoms with E-state index in [1.165, 1.54) is 35.4 Å². The Kier molecular flexibility index (Phi) is 4.80. The van der Waals surface area contributed by atoms with Crippen LogP contribution in [0.15, 0.2) is 54.7 Å². The summed E-state index contributed by atoms with van der Waals surface area (Å²) in [6.07, 6.45) is 1.44. The van der Waals surface area contributed by atoms with Crippen LogP contribution in [0.1, 0.15) is 0 Å². The van der Waals surface area contributed by atoms with Crippen molar-refractivity contribution in [3.63, 3.8) is 0 Å². The number of nitrogens with one attached hydrogen (secondary N) is 1. The Morgan fingerprint density at radius 1 is 1.28 bits per heavy atom. The molecule has 0 aliphatic carbocycles. The number of phenolic OH excluding ortho intramolecular Hbond substituents is 1. The van der Waals surface area contributed by atoms with Gasteiger partial charge in [-0.25, -0.2) is 14.2 Å². The van der Waals surface area contributed by atoms with Gasteiger partial charge in [0.2, 0.25) is 5.06 Å². The molecule has 1 aromatic heterocycles. The molecular weight excluding hydrogens is 345 g/mol. The minimum absolute atomic E-state index is 0.0668. The number of rotatable bonds is 4. The fourth-order valence-electron chi connectivity index (χ4n) is 2.01. The van der Waals surface area contributed by atoms with Crippen molar-refractivity contribution < 1.29 is 19.0 Å². The summed E-state index contributed by atoms with van der Waals surface area (Å²) < 4.78 is 18.7. The smallest absolute Gasteiger partial charge is 0.327 e. The summed E-state index contributed by atoms with van der Waals surface area (Å²) in [5.41, 5.74) is 0.533. The normalized spacial score (nSPS) is 10.3. The van der Waals surface area contributed by atoms with Crippen LogP contribution < -0.4 is 15.0 Å². The summed E-state index contributed by atoms with van der Waals surface area (Å²) in [4.78, 5) is 17.6. The van der Waals surface area contributed by atoms with E-state index in [-0.39, 0.29) is 5.75 Å². The molecule has 25 heavy (non-hydrogen) atoms. The van der Waals surface area contributed by atoms with Gasteiger partial charge in [-0.3, -0.25) is 10.2 Å². The summed E-state index contributed by atoms with van der Waals surface area (Å²) in [7, 11) is 1.57. The number of phenols is 1. The number of halogens is 1. The molecule has 0 fully saturated rings. The first-order valence-corrected chi connectivity index (χ1v) is 8.06. The van der Waals surface area contributed by atoms with Crippen LogP contribution in [0.25, 0.3) is 0 Å². The number of amides is 2. The first kappa shape index (κ1) is 16.7. The fourth-order valence-corrected chi connectivity index (χ4v) is 2.68. The molecule has 0 radical (unpaired) electrons. The molecule has 8 heteroatoms. The summed E-state index contributed by atoms with van der Waals surface area (Å²) in [5.74, 6) is 0.0128. The van der Waals surface area contributed by atoms with Crippen LogP contribution in [-0.4, -0.2) is 23.2 Å². The summed E-state index contributed by atoms with van der Waals surface area (Å²) in [6.45, 7) is 0. The van der Waals surface area contributed by atoms with E-state index in [0.29, 0.717) is 21.6 Å². The Hall–Kier alpha value is -3.13. The molecule has 2 amide bonds. The van der Waals surface area contributed by atoms with Gasteiger partial charge in [0, 0.05) is 24.9 Å². The molecule has 6 nitrogen and oxygen atoms in total. The Balaban J connectivity index is 1.65. The van der Waals surface area contributed by atoms with Crippen molar-refractivity contribution in [2.75, 3.05) is 17.3 Å². The summed E-state index contributed by atoms with van der Waals surface area (Å²) in [5, 5.41) is 12.9. The molecule has 2 N–H and O–H groups in total. The Morgan fingerprint density at radius 2 is 2.08 bits per heavy atom. The van der Waals surface area contributed by atoms with Gasteiger partial charge < -0.3 is 9.84 Å². The molecule has 0 atom stereocenters. The van der Waals surface area contributed by atoms with Gasteiger partial charge in [-0.1, -0.05) is 23.5 Å². The number of anilines is 2. The third kappa shape index (κ3) is 4.24. The molecule has 3 rings (SSSR count). The second kappa shape index (κ2) is 7.18. The van der Waals surface area contributed by atoms with Crippen LogP contribution >= 0.6 is 11.3 Å². The minimum Gasteiger partial charge on any atom is -0.508 e. The number of hydrogen-bond acceptors (Lipinski definition) is 5. The van der Waals surface area contributed by atoms with Gasteiger partial charge in [0.15, 0.2) is 5.13 Å². The van der Waals surface area contributed by atoms with Crippen LogP contribution in [0.4, 0.5) is 20.0 Å². The molecule has 0 bridgehead atoms. The number of hydrogen-bond donors (Lipinski definition) is 2. The number of aromatic hydroxyl groups is 1. The molecule has 0 saturated carbocycles. The van der Waals surface area contributed by atoms with E-state index in [2.05, 4.69) is 10.3 Å². The van der Waals surface area contributed by atoms with E-state index >= 15 is 0 Å². The van der Waals surface area contributed by atoms with Crippen molar-refractivity contribution in [1.82, 2.24) is 4.98 Å². The number of carbonyl (C=O) groups excluding carboxylic acids is 1. The zero-order valence-corrected chi connectivity index (χ0v) is 14.0. The number of carbonyl (C=O) groups is 1. The largest absolute Gasteiger partial charge is 0.508 e. The molecule has 128 valence electrons. The monoisotopic (exact) mass is 359 g/mol. The molecular formula is C17H14FN3O3S. The lowest BCUT2D eigenvalue weighted by molar-refractivity contribution is 0.258. The van der Waals surface area contributed by atoms with E-state index in [1.807, 2.05) is 0 Å². The summed E-state index contributed by atoms with van der Waals surface area (Å²) >= 11 is 1.11. The van der Waals surface area contributed by atoms with Crippen molar-refractivity contribution in [2.24, 2.45) is 0 Å². The standard InChI is InChI=1S/C17H14FN3O3S/c1-21(12-5-3-6-13(22)9-12)17(23)20-16-19-10-15(25-16)24-14-7-2-4-11(18)8-14/h2-10,22H,1H3,(H,19,20,23). The lowest BCUT2D eigenvalue weighted by Gasteiger charge is -2.17. The SMILES string of the molecule is CN(C(=O)Nc1ncc(Oc2cccc(F)c2)s1)c1cccc(O)c1. The maximum absolute atomic E-state index is 13.2. The molecule has 0 spiro atoms. The molecule has 0 aliphatic heterocycles. The first-order valence-electron chi connectivity index (χ1n) is 7.24. The quantitative estimate of drug-likeness (QED) is 0.722. The van der Waals surface area contributed by atoms with Crippen LogP contribution in [0, 0.1) is 5.82 Å². The third-order valence-corrected chi connectivity index (χ3v) is 4.03. The molecule has 0 saturated heterocycles. The highest BCUT2D eigenvalue weighted by Crippen LogP contribution is 2.31. The van der Waals surface area contributed by atoms with Crippen molar-refractivity contribution >= 4 is 28.2 Å². The molecule has 0 aliphatic rings. The highest BCUT2D eigenvalue weighted by Gasteiger charge is 2.14. The number of ether oxygens (including phenoxy) is 1. The average molecular weight is 359 g/mol. The van der Waals surface area contributed by atoms with Gasteiger partial charge in [-0.2, -0.15) is 0 Å². The zero-order chi connectivity index (χ0) is 17.8. The number of aromatic nitrogens is 1. The van der Waals surface area contributed by atoms with E-state index in [4.69, 9.17) is 4.74 Å². The van der Waals surface area contributed by atoms with E-state index < -0.39 is 11.8 Å². The van der Waals surface area contributed by atoms with Crippen molar-refractivity contribution in [3.05, 3.63) is 60.5 Å². The number of urea groups is 1. The van der Waals surface area contributed by atoms with Gasteiger partial charge in [0.1, 0.15) is 17.3 Å². The molecule has 3 aromatic rings. The van der Waals surface area contributed by atoms with E-state index in [1.54, 1.807) is 31.3 Å².